The standard InChI is InChI=1S/C25H28N4O2S/c1-18-11-16-29(21-9-14-26-15-10-21)25(31)23(18)24(30)28-20-5-7-22(8-6-20)32-17-12-19-4-2-3-13-27-19/h2-8,11,13,16,21,26H,9-10,12,14-15,17H2,1H3,(H,28,30). The van der Waals surface area contributed by atoms with Gasteiger partial charge in [0.1, 0.15) is 5.56 Å². The van der Waals surface area contributed by atoms with Crippen LogP contribution in [0.1, 0.15) is 40.5 Å². The molecule has 0 unspecified atom stereocenters. The first-order chi connectivity index (χ1) is 15.6. The minimum atomic E-state index is -0.355. The van der Waals surface area contributed by atoms with Crippen molar-refractivity contribution in [2.24, 2.45) is 0 Å². The Bertz CT molecular complexity index is 1110. The SMILES string of the molecule is Cc1ccn(C2CCNCC2)c(=O)c1C(=O)Nc1ccc(SCCc2ccccn2)cc1. The number of nitrogens with zero attached hydrogens (tertiary/aromatic N) is 2. The van der Waals surface area contributed by atoms with Gasteiger partial charge >= 0.3 is 0 Å². The number of benzene rings is 1. The Hall–Kier alpha value is -2.90. The maximum absolute atomic E-state index is 13.1. The van der Waals surface area contributed by atoms with Crippen LogP contribution in [-0.4, -0.2) is 34.3 Å². The van der Waals surface area contributed by atoms with Crippen molar-refractivity contribution in [3.63, 3.8) is 0 Å². The fourth-order valence-corrected chi connectivity index (χ4v) is 4.81. The van der Waals surface area contributed by atoms with E-state index in [2.05, 4.69) is 15.6 Å². The number of piperidine rings is 1. The minimum absolute atomic E-state index is 0.137. The quantitative estimate of drug-likeness (QED) is 0.533. The summed E-state index contributed by atoms with van der Waals surface area (Å²) in [5, 5.41) is 6.21. The third-order valence-corrected chi connectivity index (χ3v) is 6.74. The monoisotopic (exact) mass is 448 g/mol. The molecule has 0 radical (unpaired) electrons. The molecule has 1 aromatic carbocycles. The first kappa shape index (κ1) is 22.3. The Morgan fingerprint density at radius 3 is 2.66 bits per heavy atom. The van der Waals surface area contributed by atoms with Crippen LogP contribution in [0.3, 0.4) is 0 Å². The molecule has 7 heteroatoms. The van der Waals surface area contributed by atoms with Crippen molar-refractivity contribution in [3.8, 4) is 0 Å². The highest BCUT2D eigenvalue weighted by atomic mass is 32.2. The van der Waals surface area contributed by atoms with E-state index in [1.807, 2.05) is 67.8 Å². The second-order valence-electron chi connectivity index (χ2n) is 7.97. The number of pyridine rings is 2. The number of amides is 1. The van der Waals surface area contributed by atoms with Crippen LogP contribution in [0.4, 0.5) is 5.69 Å². The summed E-state index contributed by atoms with van der Waals surface area (Å²) in [4.78, 5) is 31.5. The van der Waals surface area contributed by atoms with E-state index in [-0.39, 0.29) is 23.1 Å². The van der Waals surface area contributed by atoms with E-state index >= 15 is 0 Å². The Morgan fingerprint density at radius 1 is 1.16 bits per heavy atom. The highest BCUT2D eigenvalue weighted by Crippen LogP contribution is 2.22. The Balaban J connectivity index is 1.40. The lowest BCUT2D eigenvalue weighted by Gasteiger charge is -2.25. The summed E-state index contributed by atoms with van der Waals surface area (Å²) in [5.41, 5.74) is 2.47. The third-order valence-electron chi connectivity index (χ3n) is 5.72. The lowest BCUT2D eigenvalue weighted by atomic mass is 10.0. The molecule has 0 atom stereocenters. The molecule has 0 spiro atoms. The van der Waals surface area contributed by atoms with Gasteiger partial charge in [0.2, 0.25) is 0 Å². The fraction of sp³-hybridized carbons (Fsp3) is 0.320. The lowest BCUT2D eigenvalue weighted by molar-refractivity contribution is 0.102. The summed E-state index contributed by atoms with van der Waals surface area (Å²) in [7, 11) is 0. The molecule has 1 aliphatic rings. The molecule has 3 aromatic rings. The summed E-state index contributed by atoms with van der Waals surface area (Å²) >= 11 is 1.75. The number of anilines is 1. The van der Waals surface area contributed by atoms with Crippen LogP contribution in [0.5, 0.6) is 0 Å². The van der Waals surface area contributed by atoms with Gasteiger partial charge in [0.25, 0.3) is 11.5 Å². The van der Waals surface area contributed by atoms with E-state index in [0.29, 0.717) is 11.3 Å². The van der Waals surface area contributed by atoms with Crippen LogP contribution in [0, 0.1) is 6.92 Å². The molecule has 166 valence electrons. The van der Waals surface area contributed by atoms with Gasteiger partial charge in [-0.25, -0.2) is 0 Å². The average molecular weight is 449 g/mol. The van der Waals surface area contributed by atoms with Gasteiger partial charge in [-0.2, -0.15) is 0 Å². The summed E-state index contributed by atoms with van der Waals surface area (Å²) in [6.07, 6.45) is 6.32. The molecule has 1 fully saturated rings. The molecule has 6 nitrogen and oxygen atoms in total. The molecule has 1 saturated heterocycles. The zero-order valence-corrected chi connectivity index (χ0v) is 19.0. The predicted molar refractivity (Wildman–Crippen MR) is 130 cm³/mol. The van der Waals surface area contributed by atoms with Crippen LogP contribution >= 0.6 is 11.8 Å². The number of thioether (sulfide) groups is 1. The van der Waals surface area contributed by atoms with Crippen molar-refractivity contribution in [1.82, 2.24) is 14.9 Å². The van der Waals surface area contributed by atoms with Crippen LogP contribution in [0.2, 0.25) is 0 Å². The van der Waals surface area contributed by atoms with Crippen molar-refractivity contribution in [2.75, 3.05) is 24.2 Å². The number of rotatable bonds is 7. The molecule has 2 aromatic heterocycles. The van der Waals surface area contributed by atoms with Crippen LogP contribution in [-0.2, 0) is 6.42 Å². The van der Waals surface area contributed by atoms with E-state index < -0.39 is 0 Å². The molecule has 2 N–H and O–H groups in total. The second kappa shape index (κ2) is 10.6. The molecule has 0 saturated carbocycles. The van der Waals surface area contributed by atoms with Gasteiger partial charge in [0, 0.05) is 40.5 Å². The number of hydrogen-bond acceptors (Lipinski definition) is 5. The summed E-state index contributed by atoms with van der Waals surface area (Å²) in [5.74, 6) is 0.577. The highest BCUT2D eigenvalue weighted by Gasteiger charge is 2.21. The summed E-state index contributed by atoms with van der Waals surface area (Å²) < 4.78 is 1.73. The van der Waals surface area contributed by atoms with Crippen LogP contribution in [0.25, 0.3) is 0 Å². The van der Waals surface area contributed by atoms with Crippen molar-refractivity contribution in [2.45, 2.75) is 37.1 Å². The molecule has 32 heavy (non-hydrogen) atoms. The van der Waals surface area contributed by atoms with E-state index in [1.165, 1.54) is 0 Å². The Morgan fingerprint density at radius 2 is 1.94 bits per heavy atom. The van der Waals surface area contributed by atoms with E-state index in [4.69, 9.17) is 0 Å². The number of carbonyl (C=O) groups is 1. The van der Waals surface area contributed by atoms with Gasteiger partial charge in [0.05, 0.1) is 0 Å². The topological polar surface area (TPSA) is 76.0 Å². The van der Waals surface area contributed by atoms with Gasteiger partial charge in [0.15, 0.2) is 0 Å². The molecule has 3 heterocycles. The zero-order valence-electron chi connectivity index (χ0n) is 18.2. The van der Waals surface area contributed by atoms with Crippen molar-refractivity contribution < 1.29 is 4.79 Å². The lowest BCUT2D eigenvalue weighted by Crippen LogP contribution is -2.37. The van der Waals surface area contributed by atoms with Gasteiger partial charge < -0.3 is 15.2 Å². The van der Waals surface area contributed by atoms with E-state index in [0.717, 1.165) is 48.7 Å². The predicted octanol–water partition coefficient (Wildman–Crippen LogP) is 4.06. The molecule has 1 amide bonds. The molecule has 0 bridgehead atoms. The minimum Gasteiger partial charge on any atom is -0.322 e. The largest absolute Gasteiger partial charge is 0.322 e. The van der Waals surface area contributed by atoms with E-state index in [9.17, 15) is 9.59 Å². The number of carbonyl (C=O) groups excluding carboxylic acids is 1. The van der Waals surface area contributed by atoms with Crippen LogP contribution in [0.15, 0.2) is 70.6 Å². The van der Waals surface area contributed by atoms with E-state index in [1.54, 1.807) is 16.3 Å². The van der Waals surface area contributed by atoms with Gasteiger partial charge in [-0.05, 0) is 87.3 Å². The first-order valence-electron chi connectivity index (χ1n) is 11.0. The fourth-order valence-electron chi connectivity index (χ4n) is 3.94. The van der Waals surface area contributed by atoms with Gasteiger partial charge in [-0.1, -0.05) is 6.07 Å². The number of hydrogen-bond donors (Lipinski definition) is 2. The number of nitrogens with one attached hydrogen (secondary N) is 2. The van der Waals surface area contributed by atoms with Gasteiger partial charge in [-0.3, -0.25) is 14.6 Å². The molecular formula is C25H28N4O2S. The highest BCUT2D eigenvalue weighted by molar-refractivity contribution is 7.99. The number of aromatic nitrogens is 2. The normalized spacial score (nSPS) is 14.3. The molecule has 4 rings (SSSR count). The Labute approximate surface area is 192 Å². The second-order valence-corrected chi connectivity index (χ2v) is 9.13. The third kappa shape index (κ3) is 5.47. The smallest absolute Gasteiger partial charge is 0.263 e. The Kier molecular flexibility index (Phi) is 7.39. The molecular weight excluding hydrogens is 420 g/mol. The average Bonchev–Trinajstić information content (AvgIpc) is 2.82. The summed E-state index contributed by atoms with van der Waals surface area (Å²) in [6, 6.07) is 15.7. The van der Waals surface area contributed by atoms with Gasteiger partial charge in [-0.15, -0.1) is 11.8 Å². The molecule has 1 aliphatic heterocycles. The maximum Gasteiger partial charge on any atom is 0.263 e. The van der Waals surface area contributed by atoms with Crippen LogP contribution < -0.4 is 16.2 Å². The summed E-state index contributed by atoms with van der Waals surface area (Å²) in [6.45, 7) is 3.59. The zero-order chi connectivity index (χ0) is 22.3. The maximum atomic E-state index is 13.1. The van der Waals surface area contributed by atoms with Crippen molar-refractivity contribution >= 4 is 23.4 Å². The first-order valence-corrected chi connectivity index (χ1v) is 12.0. The molecule has 0 aliphatic carbocycles. The van der Waals surface area contributed by atoms with Crippen molar-refractivity contribution in [1.29, 1.82) is 0 Å². The van der Waals surface area contributed by atoms with Crippen molar-refractivity contribution in [3.05, 3.63) is 88.1 Å². The number of aryl methyl sites for hydroxylation is 2.